The Kier molecular flexibility index (Phi) is 4.80. The van der Waals surface area contributed by atoms with Crippen molar-refractivity contribution in [2.45, 2.75) is 39.2 Å². The van der Waals surface area contributed by atoms with Crippen LogP contribution in [0.4, 0.5) is 0 Å². The van der Waals surface area contributed by atoms with Crippen LogP contribution in [0, 0.1) is 0 Å². The maximum Gasteiger partial charge on any atom is 0.127 e. The highest BCUT2D eigenvalue weighted by Crippen LogP contribution is 2.25. The van der Waals surface area contributed by atoms with Gasteiger partial charge in [-0.25, -0.2) is 0 Å². The lowest BCUT2D eigenvalue weighted by Gasteiger charge is -2.11. The lowest BCUT2D eigenvalue weighted by atomic mass is 10.0. The van der Waals surface area contributed by atoms with Crippen molar-refractivity contribution in [3.05, 3.63) is 59.7 Å². The fraction of sp³-hybridized carbons (Fsp3) is 0.333. The van der Waals surface area contributed by atoms with E-state index in [1.807, 2.05) is 36.4 Å². The minimum atomic E-state index is 0.106. The summed E-state index contributed by atoms with van der Waals surface area (Å²) in [6.07, 6.45) is 0.941. The molecule has 0 bridgehead atoms. The van der Waals surface area contributed by atoms with Gasteiger partial charge in [0.1, 0.15) is 11.5 Å². The maximum atomic E-state index is 6.00. The fourth-order valence-corrected chi connectivity index (χ4v) is 2.08. The number of ether oxygens (including phenoxy) is 1. The van der Waals surface area contributed by atoms with Crippen molar-refractivity contribution in [2.24, 2.45) is 5.73 Å². The van der Waals surface area contributed by atoms with Crippen LogP contribution in [0.1, 0.15) is 50.3 Å². The van der Waals surface area contributed by atoms with Crippen LogP contribution in [-0.4, -0.2) is 0 Å². The second-order valence-corrected chi connectivity index (χ2v) is 5.41. The molecule has 0 radical (unpaired) electrons. The highest BCUT2D eigenvalue weighted by atomic mass is 16.5. The molecular weight excluding hydrogens is 246 g/mol. The van der Waals surface area contributed by atoms with Crippen LogP contribution in [-0.2, 0) is 0 Å². The van der Waals surface area contributed by atoms with E-state index in [2.05, 4.69) is 32.9 Å². The zero-order chi connectivity index (χ0) is 14.5. The van der Waals surface area contributed by atoms with Gasteiger partial charge < -0.3 is 10.5 Å². The highest BCUT2D eigenvalue weighted by molar-refractivity contribution is 5.35. The second kappa shape index (κ2) is 6.58. The van der Waals surface area contributed by atoms with E-state index in [1.54, 1.807) is 0 Å². The average molecular weight is 269 g/mol. The van der Waals surface area contributed by atoms with Crippen molar-refractivity contribution in [1.82, 2.24) is 0 Å². The van der Waals surface area contributed by atoms with Crippen LogP contribution in [0.3, 0.4) is 0 Å². The molecule has 0 aromatic heterocycles. The summed E-state index contributed by atoms with van der Waals surface area (Å²) in [6.45, 7) is 6.46. The third-order valence-corrected chi connectivity index (χ3v) is 3.53. The highest BCUT2D eigenvalue weighted by Gasteiger charge is 2.04. The van der Waals surface area contributed by atoms with Crippen molar-refractivity contribution < 1.29 is 4.74 Å². The molecule has 0 aliphatic carbocycles. The van der Waals surface area contributed by atoms with Gasteiger partial charge in [-0.1, -0.05) is 45.0 Å². The largest absolute Gasteiger partial charge is 0.457 e. The molecular formula is C18H23NO. The molecule has 0 aliphatic heterocycles. The lowest BCUT2D eigenvalue weighted by Crippen LogP contribution is -2.07. The first-order valence-corrected chi connectivity index (χ1v) is 7.23. The number of hydrogen-bond acceptors (Lipinski definition) is 2. The van der Waals surface area contributed by atoms with Crippen molar-refractivity contribution in [3.8, 4) is 11.5 Å². The third-order valence-electron chi connectivity index (χ3n) is 3.53. The van der Waals surface area contributed by atoms with Gasteiger partial charge in [0.15, 0.2) is 0 Å². The van der Waals surface area contributed by atoms with Crippen molar-refractivity contribution in [2.75, 3.05) is 0 Å². The van der Waals surface area contributed by atoms with Gasteiger partial charge in [0.25, 0.3) is 0 Å². The number of rotatable bonds is 5. The van der Waals surface area contributed by atoms with Gasteiger partial charge in [0.2, 0.25) is 0 Å². The molecule has 0 amide bonds. The standard InChI is InChI=1S/C18H23NO/c1-4-18(19)15-7-11-17(12-8-15)20-16-9-5-14(6-10-16)13(2)3/h5-13,18H,4,19H2,1-3H3/t18-/m1/s1. The molecule has 0 aliphatic rings. The van der Waals surface area contributed by atoms with Gasteiger partial charge in [-0.3, -0.25) is 0 Å². The van der Waals surface area contributed by atoms with Gasteiger partial charge in [0.05, 0.1) is 0 Å². The first-order valence-electron chi connectivity index (χ1n) is 7.23. The Morgan fingerprint density at radius 1 is 0.850 bits per heavy atom. The molecule has 0 unspecified atom stereocenters. The predicted molar refractivity (Wildman–Crippen MR) is 84.3 cm³/mol. The Morgan fingerprint density at radius 2 is 1.30 bits per heavy atom. The molecule has 0 spiro atoms. The summed E-state index contributed by atoms with van der Waals surface area (Å²) in [7, 11) is 0. The second-order valence-electron chi connectivity index (χ2n) is 5.41. The number of nitrogens with two attached hydrogens (primary N) is 1. The zero-order valence-electron chi connectivity index (χ0n) is 12.5. The molecule has 2 heteroatoms. The molecule has 2 aromatic rings. The molecule has 1 atom stereocenters. The van der Waals surface area contributed by atoms with Crippen LogP contribution >= 0.6 is 0 Å². The minimum absolute atomic E-state index is 0.106. The molecule has 0 heterocycles. The molecule has 2 aromatic carbocycles. The zero-order valence-corrected chi connectivity index (χ0v) is 12.5. The Balaban J connectivity index is 2.06. The van der Waals surface area contributed by atoms with Crippen LogP contribution in [0.15, 0.2) is 48.5 Å². The van der Waals surface area contributed by atoms with Gasteiger partial charge in [0, 0.05) is 6.04 Å². The first kappa shape index (κ1) is 14.6. The van der Waals surface area contributed by atoms with E-state index in [1.165, 1.54) is 5.56 Å². The quantitative estimate of drug-likeness (QED) is 0.827. The van der Waals surface area contributed by atoms with E-state index < -0.39 is 0 Å². The van der Waals surface area contributed by atoms with E-state index in [9.17, 15) is 0 Å². The topological polar surface area (TPSA) is 35.2 Å². The Hall–Kier alpha value is -1.80. The van der Waals surface area contributed by atoms with Crippen molar-refractivity contribution in [1.29, 1.82) is 0 Å². The molecule has 0 saturated heterocycles. The summed E-state index contributed by atoms with van der Waals surface area (Å²) >= 11 is 0. The van der Waals surface area contributed by atoms with Crippen LogP contribution < -0.4 is 10.5 Å². The number of benzene rings is 2. The molecule has 20 heavy (non-hydrogen) atoms. The van der Waals surface area contributed by atoms with E-state index in [-0.39, 0.29) is 6.04 Å². The Morgan fingerprint density at radius 3 is 1.70 bits per heavy atom. The molecule has 0 fully saturated rings. The summed E-state index contributed by atoms with van der Waals surface area (Å²) in [5, 5.41) is 0. The van der Waals surface area contributed by atoms with E-state index in [0.29, 0.717) is 5.92 Å². The minimum Gasteiger partial charge on any atom is -0.457 e. The molecule has 0 saturated carbocycles. The Labute approximate surface area is 121 Å². The SMILES string of the molecule is CC[C@@H](N)c1ccc(Oc2ccc(C(C)C)cc2)cc1. The maximum absolute atomic E-state index is 6.00. The summed E-state index contributed by atoms with van der Waals surface area (Å²) in [5.74, 6) is 2.25. The van der Waals surface area contributed by atoms with E-state index in [0.717, 1.165) is 23.5 Å². The lowest BCUT2D eigenvalue weighted by molar-refractivity contribution is 0.482. The van der Waals surface area contributed by atoms with Gasteiger partial charge in [-0.05, 0) is 47.7 Å². The van der Waals surface area contributed by atoms with E-state index >= 15 is 0 Å². The normalized spacial score (nSPS) is 12.4. The van der Waals surface area contributed by atoms with Crippen molar-refractivity contribution >= 4 is 0 Å². The molecule has 106 valence electrons. The van der Waals surface area contributed by atoms with Crippen LogP contribution in [0.2, 0.25) is 0 Å². The van der Waals surface area contributed by atoms with Crippen LogP contribution in [0.5, 0.6) is 11.5 Å². The van der Waals surface area contributed by atoms with Gasteiger partial charge >= 0.3 is 0 Å². The fourth-order valence-electron chi connectivity index (χ4n) is 2.08. The molecule has 2 nitrogen and oxygen atoms in total. The summed E-state index contributed by atoms with van der Waals surface area (Å²) in [5.41, 5.74) is 8.47. The van der Waals surface area contributed by atoms with Gasteiger partial charge in [-0.2, -0.15) is 0 Å². The van der Waals surface area contributed by atoms with Crippen LogP contribution in [0.25, 0.3) is 0 Å². The smallest absolute Gasteiger partial charge is 0.127 e. The third kappa shape index (κ3) is 3.61. The first-order chi connectivity index (χ1) is 9.60. The summed E-state index contributed by atoms with van der Waals surface area (Å²) < 4.78 is 5.84. The van der Waals surface area contributed by atoms with Gasteiger partial charge in [-0.15, -0.1) is 0 Å². The van der Waals surface area contributed by atoms with Crippen molar-refractivity contribution in [3.63, 3.8) is 0 Å². The number of hydrogen-bond donors (Lipinski definition) is 1. The monoisotopic (exact) mass is 269 g/mol. The summed E-state index contributed by atoms with van der Waals surface area (Å²) in [6, 6.07) is 16.4. The summed E-state index contributed by atoms with van der Waals surface area (Å²) in [4.78, 5) is 0. The molecule has 2 rings (SSSR count). The Bertz CT molecular complexity index is 528. The predicted octanol–water partition coefficient (Wildman–Crippen LogP) is 5.01. The van der Waals surface area contributed by atoms with E-state index in [4.69, 9.17) is 10.5 Å². The average Bonchev–Trinajstić information content (AvgIpc) is 2.48. The molecule has 2 N–H and O–H groups in total.